The van der Waals surface area contributed by atoms with Gasteiger partial charge in [-0.15, -0.1) is 0 Å². The molecule has 0 saturated carbocycles. The predicted octanol–water partition coefficient (Wildman–Crippen LogP) is 2.91. The van der Waals surface area contributed by atoms with Crippen LogP contribution in [0.2, 0.25) is 0 Å². The van der Waals surface area contributed by atoms with Gasteiger partial charge in [-0.25, -0.2) is 0 Å². The summed E-state index contributed by atoms with van der Waals surface area (Å²) in [6.45, 7) is 3.32. The van der Waals surface area contributed by atoms with Gasteiger partial charge in [-0.3, -0.25) is 19.9 Å². The van der Waals surface area contributed by atoms with Crippen LogP contribution < -0.4 is 0 Å². The lowest BCUT2D eigenvalue weighted by Gasteiger charge is -2.00. The standard InChI is InChI=1S/C11H11BrN2O3/c1-7(8(2)15)13-6-9-3-4-10(12)11(5-9)14(16)17/h3-5H,6H2,1-2H3. The maximum atomic E-state index is 10.9. The number of rotatable bonds is 4. The topological polar surface area (TPSA) is 72.6 Å². The van der Waals surface area contributed by atoms with Gasteiger partial charge in [0.05, 0.1) is 21.7 Å². The van der Waals surface area contributed by atoms with Crippen LogP contribution in [0.4, 0.5) is 5.69 Å². The zero-order valence-corrected chi connectivity index (χ0v) is 11.0. The number of carbonyl (C=O) groups is 1. The largest absolute Gasteiger partial charge is 0.293 e. The van der Waals surface area contributed by atoms with Crippen molar-refractivity contribution in [2.45, 2.75) is 20.4 Å². The molecule has 5 nitrogen and oxygen atoms in total. The van der Waals surface area contributed by atoms with Crippen LogP contribution in [0, 0.1) is 10.1 Å². The summed E-state index contributed by atoms with van der Waals surface area (Å²) in [7, 11) is 0. The summed E-state index contributed by atoms with van der Waals surface area (Å²) in [6.07, 6.45) is 0. The zero-order valence-electron chi connectivity index (χ0n) is 9.44. The highest BCUT2D eigenvalue weighted by atomic mass is 79.9. The lowest BCUT2D eigenvalue weighted by molar-refractivity contribution is -0.385. The van der Waals surface area contributed by atoms with E-state index < -0.39 is 4.92 Å². The molecule has 90 valence electrons. The van der Waals surface area contributed by atoms with Gasteiger partial charge in [0, 0.05) is 13.0 Å². The number of Topliss-reactive ketones (excluding diaryl/α,β-unsaturated/α-hetero) is 1. The Labute approximate surface area is 107 Å². The first kappa shape index (κ1) is 13.5. The van der Waals surface area contributed by atoms with Gasteiger partial charge in [-0.2, -0.15) is 0 Å². The van der Waals surface area contributed by atoms with Gasteiger partial charge in [0.25, 0.3) is 5.69 Å². The van der Waals surface area contributed by atoms with Crippen molar-refractivity contribution in [1.82, 2.24) is 0 Å². The molecule has 0 saturated heterocycles. The van der Waals surface area contributed by atoms with Gasteiger partial charge >= 0.3 is 0 Å². The number of benzene rings is 1. The molecule has 6 heteroatoms. The van der Waals surface area contributed by atoms with E-state index >= 15 is 0 Å². The van der Waals surface area contributed by atoms with E-state index in [1.54, 1.807) is 19.1 Å². The minimum Gasteiger partial charge on any atom is -0.293 e. The normalized spacial score (nSPS) is 11.4. The second-order valence-corrected chi connectivity index (χ2v) is 4.36. The van der Waals surface area contributed by atoms with Gasteiger partial charge in [0.15, 0.2) is 5.78 Å². The van der Waals surface area contributed by atoms with Crippen molar-refractivity contribution in [3.8, 4) is 0 Å². The van der Waals surface area contributed by atoms with Gasteiger partial charge in [-0.05, 0) is 34.5 Å². The van der Waals surface area contributed by atoms with Crippen LogP contribution >= 0.6 is 15.9 Å². The molecule has 0 bridgehead atoms. The molecular formula is C11H11BrN2O3. The zero-order chi connectivity index (χ0) is 13.0. The molecule has 1 aromatic carbocycles. The number of ketones is 1. The van der Waals surface area contributed by atoms with E-state index in [0.29, 0.717) is 15.7 Å². The fraction of sp³-hybridized carbons (Fsp3) is 0.273. The first-order valence-electron chi connectivity index (χ1n) is 4.86. The second kappa shape index (κ2) is 5.67. The molecule has 0 N–H and O–H groups in total. The quantitative estimate of drug-likeness (QED) is 0.487. The van der Waals surface area contributed by atoms with Crippen LogP contribution in [-0.2, 0) is 11.3 Å². The highest BCUT2D eigenvalue weighted by Crippen LogP contribution is 2.25. The average molecular weight is 299 g/mol. The molecule has 0 spiro atoms. The van der Waals surface area contributed by atoms with Crippen molar-refractivity contribution < 1.29 is 9.72 Å². The van der Waals surface area contributed by atoms with Crippen molar-refractivity contribution in [2.24, 2.45) is 4.99 Å². The molecule has 0 unspecified atom stereocenters. The molecular weight excluding hydrogens is 288 g/mol. The Hall–Kier alpha value is -1.56. The van der Waals surface area contributed by atoms with Crippen molar-refractivity contribution in [1.29, 1.82) is 0 Å². The summed E-state index contributed by atoms with van der Waals surface area (Å²) in [5.41, 5.74) is 1.11. The lowest BCUT2D eigenvalue weighted by Crippen LogP contribution is -2.04. The Bertz CT molecular complexity index is 497. The van der Waals surface area contributed by atoms with E-state index in [0.717, 1.165) is 0 Å². The number of carbonyl (C=O) groups excluding carboxylic acids is 1. The molecule has 0 aliphatic carbocycles. The van der Waals surface area contributed by atoms with Crippen LogP contribution in [0.3, 0.4) is 0 Å². The summed E-state index contributed by atoms with van der Waals surface area (Å²) >= 11 is 3.10. The minimum atomic E-state index is -0.463. The van der Waals surface area contributed by atoms with Crippen LogP contribution in [0.5, 0.6) is 0 Å². The summed E-state index contributed by atoms with van der Waals surface area (Å²) in [5.74, 6) is -0.100. The van der Waals surface area contributed by atoms with E-state index in [1.165, 1.54) is 13.0 Å². The summed E-state index contributed by atoms with van der Waals surface area (Å²) in [5, 5.41) is 10.7. The molecule has 0 fully saturated rings. The number of halogens is 1. The maximum absolute atomic E-state index is 10.9. The monoisotopic (exact) mass is 298 g/mol. The Morgan fingerprint density at radius 1 is 1.47 bits per heavy atom. The van der Waals surface area contributed by atoms with E-state index in [2.05, 4.69) is 20.9 Å². The summed E-state index contributed by atoms with van der Waals surface area (Å²) < 4.78 is 0.429. The van der Waals surface area contributed by atoms with E-state index in [-0.39, 0.29) is 18.0 Å². The van der Waals surface area contributed by atoms with Gasteiger partial charge < -0.3 is 0 Å². The third-order valence-corrected chi connectivity index (χ3v) is 2.89. The summed E-state index contributed by atoms with van der Waals surface area (Å²) in [4.78, 5) is 25.2. The maximum Gasteiger partial charge on any atom is 0.283 e. The molecule has 0 aliphatic rings. The molecule has 17 heavy (non-hydrogen) atoms. The fourth-order valence-electron chi connectivity index (χ4n) is 1.12. The van der Waals surface area contributed by atoms with Crippen LogP contribution in [0.25, 0.3) is 0 Å². The van der Waals surface area contributed by atoms with Crippen molar-refractivity contribution in [3.05, 3.63) is 38.3 Å². The van der Waals surface area contributed by atoms with Gasteiger partial charge in [-0.1, -0.05) is 6.07 Å². The Kier molecular flexibility index (Phi) is 4.51. The Morgan fingerprint density at radius 3 is 2.65 bits per heavy atom. The molecule has 1 rings (SSSR count). The van der Waals surface area contributed by atoms with Crippen molar-refractivity contribution in [2.75, 3.05) is 0 Å². The molecule has 0 heterocycles. The summed E-state index contributed by atoms with van der Waals surface area (Å²) in [6, 6.07) is 4.78. The third-order valence-electron chi connectivity index (χ3n) is 2.22. The first-order chi connectivity index (χ1) is 7.91. The number of nitrogens with zero attached hydrogens (tertiary/aromatic N) is 2. The van der Waals surface area contributed by atoms with Crippen molar-refractivity contribution in [3.63, 3.8) is 0 Å². The lowest BCUT2D eigenvalue weighted by atomic mass is 10.2. The van der Waals surface area contributed by atoms with E-state index in [9.17, 15) is 14.9 Å². The minimum absolute atomic E-state index is 0.00169. The Balaban J connectivity index is 2.94. The van der Waals surface area contributed by atoms with Crippen molar-refractivity contribution >= 4 is 33.1 Å². The number of aliphatic imine (C=N–C) groups is 1. The van der Waals surface area contributed by atoms with Crippen LogP contribution in [0.1, 0.15) is 19.4 Å². The molecule has 0 atom stereocenters. The van der Waals surface area contributed by atoms with Crippen LogP contribution in [0.15, 0.2) is 27.7 Å². The molecule has 0 amide bonds. The van der Waals surface area contributed by atoms with Gasteiger partial charge in [0.2, 0.25) is 0 Å². The molecule has 0 aromatic heterocycles. The average Bonchev–Trinajstić information content (AvgIpc) is 2.26. The molecule has 0 radical (unpaired) electrons. The Morgan fingerprint density at radius 2 is 2.12 bits per heavy atom. The predicted molar refractivity (Wildman–Crippen MR) is 68.3 cm³/mol. The third kappa shape index (κ3) is 3.74. The number of nitro benzene ring substituents is 1. The number of nitro groups is 1. The smallest absolute Gasteiger partial charge is 0.283 e. The molecule has 1 aromatic rings. The second-order valence-electron chi connectivity index (χ2n) is 3.50. The molecule has 0 aliphatic heterocycles. The van der Waals surface area contributed by atoms with E-state index in [4.69, 9.17) is 0 Å². The van der Waals surface area contributed by atoms with E-state index in [1.807, 2.05) is 0 Å². The number of hydrogen-bond donors (Lipinski definition) is 0. The first-order valence-corrected chi connectivity index (χ1v) is 5.66. The highest BCUT2D eigenvalue weighted by Gasteiger charge is 2.11. The fourth-order valence-corrected chi connectivity index (χ4v) is 1.51. The highest BCUT2D eigenvalue weighted by molar-refractivity contribution is 9.10. The SMILES string of the molecule is CC(=O)C(C)=NCc1ccc(Br)c([N+](=O)[O-])c1. The van der Waals surface area contributed by atoms with Gasteiger partial charge in [0.1, 0.15) is 0 Å². The van der Waals surface area contributed by atoms with Crippen LogP contribution in [-0.4, -0.2) is 16.4 Å². The number of hydrogen-bond acceptors (Lipinski definition) is 4.